The first-order valence-corrected chi connectivity index (χ1v) is 10.1. The fraction of sp³-hybridized carbons (Fsp3) is 0.409. The number of alkyl halides is 3. The number of amides is 1. The van der Waals surface area contributed by atoms with Crippen molar-refractivity contribution >= 4 is 17.7 Å². The van der Waals surface area contributed by atoms with E-state index in [2.05, 4.69) is 10.3 Å². The Labute approximate surface area is 183 Å². The van der Waals surface area contributed by atoms with Gasteiger partial charge in [0.15, 0.2) is 0 Å². The molecule has 0 bridgehead atoms. The number of halogens is 3. The molecular weight excluding hydrogens is 427 g/mol. The van der Waals surface area contributed by atoms with Crippen LogP contribution in [-0.4, -0.2) is 65.4 Å². The van der Waals surface area contributed by atoms with Crippen LogP contribution in [0.5, 0.6) is 0 Å². The number of likely N-dealkylation sites (tertiary alicyclic amines) is 1. The van der Waals surface area contributed by atoms with Crippen LogP contribution in [0.1, 0.15) is 5.56 Å². The molecule has 3 heterocycles. The van der Waals surface area contributed by atoms with Crippen molar-refractivity contribution in [3.63, 3.8) is 0 Å². The summed E-state index contributed by atoms with van der Waals surface area (Å²) in [6, 6.07) is 15.8. The molecule has 0 aliphatic carbocycles. The Kier molecular flexibility index (Phi) is 7.68. The van der Waals surface area contributed by atoms with Crippen molar-refractivity contribution in [2.24, 2.45) is 11.8 Å². The average molecular weight is 451 g/mol. The highest BCUT2D eigenvalue weighted by atomic mass is 19.4. The molecule has 2 saturated heterocycles. The number of anilines is 1. The lowest BCUT2D eigenvalue weighted by Gasteiger charge is -2.20. The number of carbonyl (C=O) groups excluding carboxylic acids is 1. The van der Waals surface area contributed by atoms with E-state index in [0.717, 1.165) is 37.6 Å². The van der Waals surface area contributed by atoms with Gasteiger partial charge in [-0.2, -0.15) is 13.2 Å². The maximum absolute atomic E-state index is 12.6. The summed E-state index contributed by atoms with van der Waals surface area (Å²) < 4.78 is 37.7. The Morgan fingerprint density at radius 2 is 1.81 bits per heavy atom. The van der Waals surface area contributed by atoms with E-state index in [1.807, 2.05) is 53.4 Å². The third-order valence-corrected chi connectivity index (χ3v) is 5.44. The molecule has 2 aliphatic heterocycles. The summed E-state index contributed by atoms with van der Waals surface area (Å²) in [5.41, 5.74) is 1.07. The number of carboxylic acids is 1. The summed E-state index contributed by atoms with van der Waals surface area (Å²) in [5.74, 6) is -0.841. The molecule has 2 N–H and O–H groups in total. The molecule has 1 amide bonds. The molecule has 1 aromatic heterocycles. The molecular formula is C22H24F3N3O4. The fourth-order valence-corrected chi connectivity index (χ4v) is 3.80. The summed E-state index contributed by atoms with van der Waals surface area (Å²) in [5, 5.41) is 10.5. The number of aliphatic carboxylic acids is 1. The number of fused-ring (bicyclic) bond motifs is 1. The minimum Gasteiger partial charge on any atom is -0.475 e. The molecule has 172 valence electrons. The van der Waals surface area contributed by atoms with Gasteiger partial charge in [0.05, 0.1) is 19.1 Å². The summed E-state index contributed by atoms with van der Waals surface area (Å²) in [4.78, 5) is 27.7. The quantitative estimate of drug-likeness (QED) is 0.727. The summed E-state index contributed by atoms with van der Waals surface area (Å²) in [6.45, 7) is 3.11. The minimum absolute atomic E-state index is 0.176. The normalized spacial score (nSPS) is 22.0. The molecule has 32 heavy (non-hydrogen) atoms. The molecule has 3 atom stereocenters. The van der Waals surface area contributed by atoms with Gasteiger partial charge < -0.3 is 20.1 Å². The van der Waals surface area contributed by atoms with E-state index in [0.29, 0.717) is 18.3 Å². The van der Waals surface area contributed by atoms with Crippen molar-refractivity contribution in [1.82, 2.24) is 9.88 Å². The molecule has 1 aromatic carbocycles. The van der Waals surface area contributed by atoms with E-state index in [1.54, 1.807) is 6.20 Å². The molecule has 0 spiro atoms. The van der Waals surface area contributed by atoms with Crippen LogP contribution < -0.4 is 5.32 Å². The zero-order valence-corrected chi connectivity index (χ0v) is 17.2. The van der Waals surface area contributed by atoms with Gasteiger partial charge in [-0.25, -0.2) is 9.78 Å². The zero-order chi connectivity index (χ0) is 23.1. The topological polar surface area (TPSA) is 91.8 Å². The van der Waals surface area contributed by atoms with Crippen LogP contribution in [0.3, 0.4) is 0 Å². The Balaban J connectivity index is 0.000000360. The minimum atomic E-state index is -5.08. The van der Waals surface area contributed by atoms with Crippen molar-refractivity contribution in [3.8, 4) is 0 Å². The lowest BCUT2D eigenvalue weighted by Crippen LogP contribution is -2.33. The number of carbonyl (C=O) groups is 2. The van der Waals surface area contributed by atoms with Crippen LogP contribution in [0.25, 0.3) is 0 Å². The van der Waals surface area contributed by atoms with Gasteiger partial charge in [-0.15, -0.1) is 0 Å². The van der Waals surface area contributed by atoms with Gasteiger partial charge >= 0.3 is 12.1 Å². The Hall–Kier alpha value is -3.14. The predicted octanol–water partition coefficient (Wildman–Crippen LogP) is 2.84. The van der Waals surface area contributed by atoms with E-state index in [9.17, 15) is 18.0 Å². The van der Waals surface area contributed by atoms with Gasteiger partial charge in [0.1, 0.15) is 5.82 Å². The molecule has 7 nitrogen and oxygen atoms in total. The number of hydrogen-bond donors (Lipinski definition) is 2. The molecule has 2 fully saturated rings. The smallest absolute Gasteiger partial charge is 0.475 e. The Morgan fingerprint density at radius 3 is 2.44 bits per heavy atom. The van der Waals surface area contributed by atoms with Crippen LogP contribution in [0, 0.1) is 11.8 Å². The molecule has 2 aliphatic rings. The second-order valence-electron chi connectivity index (χ2n) is 7.66. The second-order valence-corrected chi connectivity index (χ2v) is 7.66. The molecule has 0 unspecified atom stereocenters. The molecule has 10 heteroatoms. The first-order chi connectivity index (χ1) is 15.2. The lowest BCUT2D eigenvalue weighted by molar-refractivity contribution is -0.192. The number of benzene rings is 1. The van der Waals surface area contributed by atoms with Crippen LogP contribution >= 0.6 is 0 Å². The molecule has 0 saturated carbocycles. The van der Waals surface area contributed by atoms with E-state index < -0.39 is 12.1 Å². The monoisotopic (exact) mass is 451 g/mol. The molecule has 4 rings (SSSR count). The molecule has 0 radical (unpaired) electrons. The van der Waals surface area contributed by atoms with E-state index >= 15 is 0 Å². The number of nitrogens with one attached hydrogen (secondary N) is 1. The van der Waals surface area contributed by atoms with E-state index in [1.165, 1.54) is 0 Å². The first-order valence-electron chi connectivity index (χ1n) is 10.1. The largest absolute Gasteiger partial charge is 0.490 e. The fourth-order valence-electron chi connectivity index (χ4n) is 3.80. The number of nitrogens with zero attached hydrogens (tertiary/aromatic N) is 2. The Morgan fingerprint density at radius 1 is 1.12 bits per heavy atom. The summed E-state index contributed by atoms with van der Waals surface area (Å²) >= 11 is 0. The Bertz CT molecular complexity index is 896. The van der Waals surface area contributed by atoms with Crippen LogP contribution in [-0.2, 0) is 20.7 Å². The number of rotatable bonds is 5. The molecule has 2 aromatic rings. The van der Waals surface area contributed by atoms with Gasteiger partial charge in [0.2, 0.25) is 5.91 Å². The second kappa shape index (κ2) is 10.4. The first kappa shape index (κ1) is 23.5. The van der Waals surface area contributed by atoms with Gasteiger partial charge in [0, 0.05) is 37.7 Å². The average Bonchev–Trinajstić information content (AvgIpc) is 3.35. The maximum Gasteiger partial charge on any atom is 0.490 e. The van der Waals surface area contributed by atoms with Crippen molar-refractivity contribution in [2.75, 3.05) is 31.6 Å². The zero-order valence-electron chi connectivity index (χ0n) is 17.2. The van der Waals surface area contributed by atoms with Gasteiger partial charge in [-0.3, -0.25) is 4.79 Å². The number of aromatic nitrogens is 1. The van der Waals surface area contributed by atoms with Gasteiger partial charge in [0.25, 0.3) is 0 Å². The number of pyridine rings is 1. The summed E-state index contributed by atoms with van der Waals surface area (Å²) in [7, 11) is 0. The summed E-state index contributed by atoms with van der Waals surface area (Å²) in [6.07, 6.45) is -2.65. The van der Waals surface area contributed by atoms with Crippen molar-refractivity contribution in [1.29, 1.82) is 0 Å². The highest BCUT2D eigenvalue weighted by Crippen LogP contribution is 2.34. The van der Waals surface area contributed by atoms with Gasteiger partial charge in [-0.1, -0.05) is 36.4 Å². The predicted molar refractivity (Wildman–Crippen MR) is 110 cm³/mol. The highest BCUT2D eigenvalue weighted by Gasteiger charge is 2.44. The van der Waals surface area contributed by atoms with Crippen LogP contribution in [0.4, 0.5) is 19.0 Å². The van der Waals surface area contributed by atoms with Crippen LogP contribution in [0.2, 0.25) is 0 Å². The van der Waals surface area contributed by atoms with Crippen LogP contribution in [0.15, 0.2) is 54.7 Å². The number of ether oxygens (including phenoxy) is 1. The number of hydrogen-bond acceptors (Lipinski definition) is 5. The third-order valence-electron chi connectivity index (χ3n) is 5.44. The lowest BCUT2D eigenvalue weighted by atomic mass is 9.93. The number of carboxylic acid groups (broad SMARTS) is 1. The van der Waals surface area contributed by atoms with Crippen molar-refractivity contribution < 1.29 is 32.6 Å². The van der Waals surface area contributed by atoms with E-state index in [4.69, 9.17) is 14.6 Å². The van der Waals surface area contributed by atoms with Crippen molar-refractivity contribution in [3.05, 3.63) is 60.3 Å². The van der Waals surface area contributed by atoms with Gasteiger partial charge in [-0.05, 0) is 17.7 Å². The maximum atomic E-state index is 12.6. The SMILES string of the molecule is O=C(Cc1ccccc1)N1C[C@@H]2[C@H](CNc3ccccn3)CO[C@@H]2C1.O=C(O)C(F)(F)F. The van der Waals surface area contributed by atoms with Crippen molar-refractivity contribution in [2.45, 2.75) is 18.7 Å². The van der Waals surface area contributed by atoms with E-state index in [-0.39, 0.29) is 12.0 Å². The highest BCUT2D eigenvalue weighted by molar-refractivity contribution is 5.79. The standard InChI is InChI=1S/C20H23N3O2.C2HF3O2/c24-20(10-15-6-2-1-3-7-15)23-12-17-16(14-25-18(17)13-23)11-22-19-8-4-5-9-21-19;3-2(4,5)1(6)7/h1-9,16-18H,10-14H2,(H,21,22);(H,6,7)/t16-,17-,18-;/m1./s1. The third kappa shape index (κ3) is 6.43.